The number of carbonyl (C=O) groups is 2. The van der Waals surface area contributed by atoms with Gasteiger partial charge in [0.15, 0.2) is 0 Å². The van der Waals surface area contributed by atoms with E-state index in [2.05, 4.69) is 24.4 Å². The zero-order valence-electron chi connectivity index (χ0n) is 16.0. The van der Waals surface area contributed by atoms with Crippen LogP contribution in [0.15, 0.2) is 12.2 Å². The van der Waals surface area contributed by atoms with Gasteiger partial charge in [-0.15, -0.1) is 0 Å². The first-order chi connectivity index (χ1) is 12.1. The predicted molar refractivity (Wildman–Crippen MR) is 103 cm³/mol. The molecule has 0 aromatic rings. The van der Waals surface area contributed by atoms with Crippen LogP contribution in [0.2, 0.25) is 0 Å². The van der Waals surface area contributed by atoms with Crippen molar-refractivity contribution in [2.24, 2.45) is 5.73 Å². The lowest BCUT2D eigenvalue weighted by molar-refractivity contribution is -0.138. The lowest BCUT2D eigenvalue weighted by atomic mass is 10.1. The van der Waals surface area contributed by atoms with Crippen LogP contribution in [0.5, 0.6) is 0 Å². The van der Waals surface area contributed by atoms with Crippen molar-refractivity contribution in [1.29, 1.82) is 0 Å². The van der Waals surface area contributed by atoms with Gasteiger partial charge in [-0.25, -0.2) is 0 Å². The highest BCUT2D eigenvalue weighted by atomic mass is 16.4. The number of carboxylic acids is 1. The molecule has 1 atom stereocenters. The quantitative estimate of drug-likeness (QED) is 0.270. The third-order valence-electron chi connectivity index (χ3n) is 4.25. The number of carboxylic acid groups (broad SMARTS) is 1. The Morgan fingerprint density at radius 2 is 1.60 bits per heavy atom. The summed E-state index contributed by atoms with van der Waals surface area (Å²) >= 11 is 0. The summed E-state index contributed by atoms with van der Waals surface area (Å²) in [6.45, 7) is 2.83. The molecule has 4 N–H and O–H groups in total. The molecule has 0 aromatic heterocycles. The smallest absolute Gasteiger partial charge is 0.320 e. The van der Waals surface area contributed by atoms with Gasteiger partial charge in [0.2, 0.25) is 5.91 Å². The fourth-order valence-electron chi connectivity index (χ4n) is 2.59. The number of rotatable bonds is 17. The minimum Gasteiger partial charge on any atom is -0.480 e. The molecule has 146 valence electrons. The van der Waals surface area contributed by atoms with Gasteiger partial charge in [0.25, 0.3) is 0 Å². The fourth-order valence-corrected chi connectivity index (χ4v) is 2.59. The number of unbranched alkanes of at least 4 members (excludes halogenated alkanes) is 8. The van der Waals surface area contributed by atoms with Gasteiger partial charge >= 0.3 is 5.97 Å². The molecule has 0 heterocycles. The van der Waals surface area contributed by atoms with E-state index in [0.29, 0.717) is 19.4 Å². The van der Waals surface area contributed by atoms with Crippen LogP contribution in [0.3, 0.4) is 0 Å². The third kappa shape index (κ3) is 17.3. The SMILES string of the molecule is CCCCCCCC/C=C/CCCC(=O)NCCCC[C@H](N)C(=O)O. The Labute approximate surface area is 153 Å². The maximum absolute atomic E-state index is 11.7. The average molecular weight is 355 g/mol. The summed E-state index contributed by atoms with van der Waals surface area (Å²) in [7, 11) is 0. The lowest BCUT2D eigenvalue weighted by Gasteiger charge is -2.07. The molecule has 0 rings (SSSR count). The normalized spacial score (nSPS) is 12.4. The largest absolute Gasteiger partial charge is 0.480 e. The molecule has 0 fully saturated rings. The first-order valence-corrected chi connectivity index (χ1v) is 9.98. The minimum atomic E-state index is -0.964. The molecule has 5 heteroatoms. The number of carbonyl (C=O) groups excluding carboxylic acids is 1. The number of aliphatic carboxylic acids is 1. The monoisotopic (exact) mass is 354 g/mol. The van der Waals surface area contributed by atoms with Crippen molar-refractivity contribution in [1.82, 2.24) is 5.32 Å². The van der Waals surface area contributed by atoms with E-state index in [1.54, 1.807) is 0 Å². The van der Waals surface area contributed by atoms with Crippen LogP contribution in [0.4, 0.5) is 0 Å². The predicted octanol–water partition coefficient (Wildman–Crippen LogP) is 4.16. The van der Waals surface area contributed by atoms with Gasteiger partial charge < -0.3 is 16.2 Å². The molecule has 0 saturated carbocycles. The molecule has 5 nitrogen and oxygen atoms in total. The van der Waals surface area contributed by atoms with Crippen molar-refractivity contribution >= 4 is 11.9 Å². The first kappa shape index (κ1) is 23.6. The molecule has 0 unspecified atom stereocenters. The second-order valence-corrected chi connectivity index (χ2v) is 6.71. The number of amides is 1. The van der Waals surface area contributed by atoms with Crippen LogP contribution in [-0.4, -0.2) is 29.6 Å². The second kappa shape index (κ2) is 17.5. The van der Waals surface area contributed by atoms with E-state index in [9.17, 15) is 9.59 Å². The highest BCUT2D eigenvalue weighted by Crippen LogP contribution is 2.07. The maximum atomic E-state index is 11.7. The van der Waals surface area contributed by atoms with Crippen LogP contribution in [0, 0.1) is 0 Å². The topological polar surface area (TPSA) is 92.4 Å². The molecule has 0 bridgehead atoms. The van der Waals surface area contributed by atoms with Crippen LogP contribution >= 0.6 is 0 Å². The Balaban J connectivity index is 3.35. The van der Waals surface area contributed by atoms with Gasteiger partial charge in [0.05, 0.1) is 0 Å². The Kier molecular flexibility index (Phi) is 16.5. The van der Waals surface area contributed by atoms with E-state index in [0.717, 1.165) is 32.1 Å². The van der Waals surface area contributed by atoms with Gasteiger partial charge in [0, 0.05) is 13.0 Å². The van der Waals surface area contributed by atoms with Crippen molar-refractivity contribution in [3.8, 4) is 0 Å². The first-order valence-electron chi connectivity index (χ1n) is 9.98. The van der Waals surface area contributed by atoms with Crippen LogP contribution < -0.4 is 11.1 Å². The summed E-state index contributed by atoms with van der Waals surface area (Å²) in [5.41, 5.74) is 5.42. The van der Waals surface area contributed by atoms with Gasteiger partial charge in [-0.3, -0.25) is 9.59 Å². The minimum absolute atomic E-state index is 0.0758. The highest BCUT2D eigenvalue weighted by molar-refractivity contribution is 5.75. The van der Waals surface area contributed by atoms with Crippen molar-refractivity contribution in [2.75, 3.05) is 6.54 Å². The molecule has 0 radical (unpaired) electrons. The molecule has 0 aliphatic carbocycles. The van der Waals surface area contributed by atoms with Gasteiger partial charge in [0.1, 0.15) is 6.04 Å². The van der Waals surface area contributed by atoms with E-state index in [1.165, 1.54) is 38.5 Å². The van der Waals surface area contributed by atoms with E-state index in [1.807, 2.05) is 0 Å². The molecule has 0 aliphatic heterocycles. The molecule has 0 aliphatic rings. The summed E-state index contributed by atoms with van der Waals surface area (Å²) in [6, 6.07) is -0.793. The number of hydrogen-bond donors (Lipinski definition) is 3. The van der Waals surface area contributed by atoms with E-state index < -0.39 is 12.0 Å². The maximum Gasteiger partial charge on any atom is 0.320 e. The number of allylic oxidation sites excluding steroid dienone is 2. The van der Waals surface area contributed by atoms with Gasteiger partial charge in [-0.05, 0) is 44.9 Å². The number of hydrogen-bond acceptors (Lipinski definition) is 3. The second-order valence-electron chi connectivity index (χ2n) is 6.71. The van der Waals surface area contributed by atoms with Crippen LogP contribution in [0.25, 0.3) is 0 Å². The standard InChI is InChI=1S/C20H38N2O3/c1-2-3-4-5-6-7-8-9-10-11-12-16-19(23)22-17-14-13-15-18(21)20(24)25/h9-10,18H,2-8,11-17,21H2,1H3,(H,22,23)(H,24,25)/b10-9+/t18-/m0/s1. The Morgan fingerprint density at radius 3 is 2.28 bits per heavy atom. The number of nitrogens with one attached hydrogen (secondary N) is 1. The van der Waals surface area contributed by atoms with Crippen molar-refractivity contribution < 1.29 is 14.7 Å². The fraction of sp³-hybridized carbons (Fsp3) is 0.800. The van der Waals surface area contributed by atoms with Crippen molar-refractivity contribution in [3.63, 3.8) is 0 Å². The van der Waals surface area contributed by atoms with Crippen molar-refractivity contribution in [3.05, 3.63) is 12.2 Å². The molecule has 0 aromatic carbocycles. The lowest BCUT2D eigenvalue weighted by Crippen LogP contribution is -2.30. The molecule has 0 saturated heterocycles. The van der Waals surface area contributed by atoms with Crippen molar-refractivity contribution in [2.45, 2.75) is 96.4 Å². The van der Waals surface area contributed by atoms with Gasteiger partial charge in [-0.2, -0.15) is 0 Å². The molecule has 1 amide bonds. The summed E-state index contributed by atoms with van der Waals surface area (Å²) in [5.74, 6) is -0.888. The third-order valence-corrected chi connectivity index (χ3v) is 4.25. The van der Waals surface area contributed by atoms with Gasteiger partial charge in [-0.1, -0.05) is 51.2 Å². The van der Waals surface area contributed by atoms with E-state index >= 15 is 0 Å². The molecule has 0 spiro atoms. The zero-order chi connectivity index (χ0) is 18.8. The number of nitrogens with two attached hydrogens (primary N) is 1. The van der Waals surface area contributed by atoms with Crippen LogP contribution in [-0.2, 0) is 9.59 Å². The Bertz CT molecular complexity index is 370. The summed E-state index contributed by atoms with van der Waals surface area (Å²) in [4.78, 5) is 22.2. The molecule has 25 heavy (non-hydrogen) atoms. The van der Waals surface area contributed by atoms with Crippen LogP contribution in [0.1, 0.15) is 90.4 Å². The average Bonchev–Trinajstić information content (AvgIpc) is 2.59. The Hall–Kier alpha value is -1.36. The highest BCUT2D eigenvalue weighted by Gasteiger charge is 2.10. The molecular formula is C20H38N2O3. The summed E-state index contributed by atoms with van der Waals surface area (Å²) in [5, 5.41) is 11.5. The zero-order valence-corrected chi connectivity index (χ0v) is 16.0. The van der Waals surface area contributed by atoms with E-state index in [-0.39, 0.29) is 5.91 Å². The Morgan fingerprint density at radius 1 is 0.960 bits per heavy atom. The summed E-state index contributed by atoms with van der Waals surface area (Å²) in [6.07, 6.45) is 17.9. The summed E-state index contributed by atoms with van der Waals surface area (Å²) < 4.78 is 0. The van der Waals surface area contributed by atoms with E-state index in [4.69, 9.17) is 10.8 Å². The molecular weight excluding hydrogens is 316 g/mol.